The van der Waals surface area contributed by atoms with E-state index in [4.69, 9.17) is 0 Å². The molecule has 0 fully saturated rings. The SMILES string of the molecule is CCc1c(CC)c2nccn2c2ccccc12. The third kappa shape index (κ3) is 1.37. The van der Waals surface area contributed by atoms with Crippen LogP contribution in [-0.2, 0) is 12.8 Å². The Bertz CT molecular complexity index is 680. The highest BCUT2D eigenvalue weighted by Gasteiger charge is 2.11. The molecule has 1 aromatic carbocycles. The summed E-state index contributed by atoms with van der Waals surface area (Å²) in [4.78, 5) is 4.51. The maximum absolute atomic E-state index is 4.51. The standard InChI is InChI=1S/C15H16N2/c1-3-11-12(4-2)15-16-9-10-17(15)14-8-6-5-7-13(11)14/h5-10H,3-4H2,1-2H3. The molecule has 0 bridgehead atoms. The molecular weight excluding hydrogens is 208 g/mol. The van der Waals surface area contributed by atoms with Gasteiger partial charge < -0.3 is 0 Å². The lowest BCUT2D eigenvalue weighted by Gasteiger charge is -2.13. The van der Waals surface area contributed by atoms with Gasteiger partial charge in [-0.05, 0) is 30.0 Å². The van der Waals surface area contributed by atoms with Gasteiger partial charge in [-0.15, -0.1) is 0 Å². The molecule has 2 nitrogen and oxygen atoms in total. The van der Waals surface area contributed by atoms with Gasteiger partial charge in [-0.1, -0.05) is 32.0 Å². The minimum Gasteiger partial charge on any atom is -0.299 e. The second-order valence-corrected chi connectivity index (χ2v) is 4.30. The highest BCUT2D eigenvalue weighted by molar-refractivity contribution is 5.87. The van der Waals surface area contributed by atoms with Crippen molar-refractivity contribution in [2.24, 2.45) is 0 Å². The van der Waals surface area contributed by atoms with Crippen LogP contribution in [0.25, 0.3) is 16.6 Å². The van der Waals surface area contributed by atoms with Gasteiger partial charge in [0.05, 0.1) is 5.52 Å². The molecule has 0 aliphatic rings. The number of aryl methyl sites for hydroxylation is 2. The minimum atomic E-state index is 1.04. The van der Waals surface area contributed by atoms with Crippen LogP contribution >= 0.6 is 0 Å². The van der Waals surface area contributed by atoms with Crippen molar-refractivity contribution < 1.29 is 0 Å². The van der Waals surface area contributed by atoms with Crippen LogP contribution < -0.4 is 0 Å². The lowest BCUT2D eigenvalue weighted by atomic mass is 9.99. The summed E-state index contributed by atoms with van der Waals surface area (Å²) >= 11 is 0. The van der Waals surface area contributed by atoms with Gasteiger partial charge in [-0.2, -0.15) is 0 Å². The summed E-state index contributed by atoms with van der Waals surface area (Å²) in [5.74, 6) is 0. The Kier molecular flexibility index (Phi) is 2.36. The molecule has 17 heavy (non-hydrogen) atoms. The zero-order chi connectivity index (χ0) is 11.8. The summed E-state index contributed by atoms with van der Waals surface area (Å²) in [5, 5.41) is 1.36. The van der Waals surface area contributed by atoms with E-state index in [-0.39, 0.29) is 0 Å². The number of nitrogens with zero attached hydrogens (tertiary/aromatic N) is 2. The van der Waals surface area contributed by atoms with Crippen molar-refractivity contribution >= 4 is 16.6 Å². The van der Waals surface area contributed by atoms with E-state index in [1.54, 1.807) is 0 Å². The number of hydrogen-bond acceptors (Lipinski definition) is 1. The largest absolute Gasteiger partial charge is 0.299 e. The Morgan fingerprint density at radius 2 is 1.82 bits per heavy atom. The number of benzene rings is 1. The van der Waals surface area contributed by atoms with E-state index in [0.29, 0.717) is 0 Å². The van der Waals surface area contributed by atoms with E-state index in [1.165, 1.54) is 22.0 Å². The average molecular weight is 224 g/mol. The molecule has 0 saturated heterocycles. The summed E-state index contributed by atoms with van der Waals surface area (Å²) in [6.45, 7) is 4.43. The van der Waals surface area contributed by atoms with Crippen molar-refractivity contribution in [2.45, 2.75) is 26.7 Å². The smallest absolute Gasteiger partial charge is 0.140 e. The van der Waals surface area contributed by atoms with Crippen LogP contribution in [0.1, 0.15) is 25.0 Å². The molecule has 0 aliphatic carbocycles. The van der Waals surface area contributed by atoms with Crippen molar-refractivity contribution in [1.82, 2.24) is 9.38 Å². The van der Waals surface area contributed by atoms with Gasteiger partial charge in [-0.3, -0.25) is 4.40 Å². The molecule has 3 aromatic rings. The normalized spacial score (nSPS) is 11.4. The second kappa shape index (κ2) is 3.88. The van der Waals surface area contributed by atoms with Crippen molar-refractivity contribution in [1.29, 1.82) is 0 Å². The van der Waals surface area contributed by atoms with Crippen LogP contribution in [-0.4, -0.2) is 9.38 Å². The van der Waals surface area contributed by atoms with Crippen LogP contribution in [0.5, 0.6) is 0 Å². The molecule has 0 amide bonds. The van der Waals surface area contributed by atoms with E-state index in [0.717, 1.165) is 18.5 Å². The summed E-state index contributed by atoms with van der Waals surface area (Å²) in [6, 6.07) is 8.59. The van der Waals surface area contributed by atoms with E-state index in [1.807, 2.05) is 6.20 Å². The van der Waals surface area contributed by atoms with Crippen LogP contribution in [0.15, 0.2) is 36.7 Å². The quantitative estimate of drug-likeness (QED) is 0.650. The van der Waals surface area contributed by atoms with Gasteiger partial charge in [0.25, 0.3) is 0 Å². The molecule has 0 atom stereocenters. The predicted molar refractivity (Wildman–Crippen MR) is 71.5 cm³/mol. The topological polar surface area (TPSA) is 17.3 Å². The molecular formula is C15H16N2. The number of hydrogen-bond donors (Lipinski definition) is 0. The highest BCUT2D eigenvalue weighted by atomic mass is 15.0. The van der Waals surface area contributed by atoms with Crippen LogP contribution in [0.4, 0.5) is 0 Å². The van der Waals surface area contributed by atoms with Gasteiger partial charge in [0.15, 0.2) is 0 Å². The molecule has 0 radical (unpaired) electrons. The lowest BCUT2D eigenvalue weighted by Crippen LogP contribution is -2.00. The number of pyridine rings is 1. The minimum absolute atomic E-state index is 1.04. The summed E-state index contributed by atoms with van der Waals surface area (Å²) < 4.78 is 2.20. The summed E-state index contributed by atoms with van der Waals surface area (Å²) in [6.07, 6.45) is 6.04. The maximum Gasteiger partial charge on any atom is 0.140 e. The van der Waals surface area contributed by atoms with Crippen molar-refractivity contribution in [3.63, 3.8) is 0 Å². The maximum atomic E-state index is 4.51. The number of para-hydroxylation sites is 1. The Labute approximate surface area is 101 Å². The van der Waals surface area contributed by atoms with E-state index >= 15 is 0 Å². The Morgan fingerprint density at radius 1 is 1.06 bits per heavy atom. The van der Waals surface area contributed by atoms with Gasteiger partial charge >= 0.3 is 0 Å². The van der Waals surface area contributed by atoms with Crippen LogP contribution in [0.3, 0.4) is 0 Å². The molecule has 0 aliphatic heterocycles. The highest BCUT2D eigenvalue weighted by Crippen LogP contribution is 2.26. The number of fused-ring (bicyclic) bond motifs is 3. The monoisotopic (exact) mass is 224 g/mol. The fraction of sp³-hybridized carbons (Fsp3) is 0.267. The van der Waals surface area contributed by atoms with Crippen molar-refractivity contribution in [3.05, 3.63) is 47.8 Å². The number of rotatable bonds is 2. The third-order valence-electron chi connectivity index (χ3n) is 3.47. The molecule has 86 valence electrons. The first-order valence-corrected chi connectivity index (χ1v) is 6.22. The zero-order valence-electron chi connectivity index (χ0n) is 10.3. The van der Waals surface area contributed by atoms with Crippen molar-refractivity contribution in [3.8, 4) is 0 Å². The third-order valence-corrected chi connectivity index (χ3v) is 3.47. The number of imidazole rings is 1. The van der Waals surface area contributed by atoms with Gasteiger partial charge in [0.1, 0.15) is 5.65 Å². The molecule has 0 unspecified atom stereocenters. The molecule has 2 heterocycles. The molecule has 2 heteroatoms. The van der Waals surface area contributed by atoms with Gasteiger partial charge in [0.2, 0.25) is 0 Å². The van der Waals surface area contributed by atoms with Crippen LogP contribution in [0, 0.1) is 0 Å². The Morgan fingerprint density at radius 3 is 2.59 bits per heavy atom. The first-order valence-electron chi connectivity index (χ1n) is 6.22. The van der Waals surface area contributed by atoms with E-state index in [2.05, 4.69) is 53.7 Å². The molecule has 3 rings (SSSR count). The average Bonchev–Trinajstić information content (AvgIpc) is 2.86. The molecule has 0 saturated carbocycles. The Balaban J connectivity index is 2.60. The van der Waals surface area contributed by atoms with Gasteiger partial charge in [0, 0.05) is 17.8 Å². The van der Waals surface area contributed by atoms with Gasteiger partial charge in [-0.25, -0.2) is 4.98 Å². The molecule has 0 spiro atoms. The Hall–Kier alpha value is -1.83. The molecule has 0 N–H and O–H groups in total. The van der Waals surface area contributed by atoms with Crippen LogP contribution in [0.2, 0.25) is 0 Å². The fourth-order valence-corrected chi connectivity index (χ4v) is 2.73. The second-order valence-electron chi connectivity index (χ2n) is 4.30. The zero-order valence-corrected chi connectivity index (χ0v) is 10.3. The van der Waals surface area contributed by atoms with E-state index in [9.17, 15) is 0 Å². The molecule has 2 aromatic heterocycles. The van der Waals surface area contributed by atoms with E-state index < -0.39 is 0 Å². The number of aromatic nitrogens is 2. The summed E-state index contributed by atoms with van der Waals surface area (Å²) in [5.41, 5.74) is 5.20. The van der Waals surface area contributed by atoms with Crippen molar-refractivity contribution in [2.75, 3.05) is 0 Å². The predicted octanol–water partition coefficient (Wildman–Crippen LogP) is 3.61. The lowest BCUT2D eigenvalue weighted by molar-refractivity contribution is 1.03. The first-order chi connectivity index (χ1) is 8.36. The summed E-state index contributed by atoms with van der Waals surface area (Å²) in [7, 11) is 0. The fourth-order valence-electron chi connectivity index (χ4n) is 2.73. The first kappa shape index (κ1) is 10.3.